The summed E-state index contributed by atoms with van der Waals surface area (Å²) in [6.45, 7) is 0. The lowest BCUT2D eigenvalue weighted by Crippen LogP contribution is -2.15. The van der Waals surface area contributed by atoms with Crippen LogP contribution in [-0.2, 0) is 0 Å². The molecule has 0 radical (unpaired) electrons. The Morgan fingerprint density at radius 1 is 1.04 bits per heavy atom. The molecule has 3 aromatic heterocycles. The number of pyridine rings is 1. The number of nitrogens with two attached hydrogens (primary N) is 1. The average Bonchev–Trinajstić information content (AvgIpc) is 2.98. The third kappa shape index (κ3) is 2.45. The second kappa shape index (κ2) is 5.68. The summed E-state index contributed by atoms with van der Waals surface area (Å²) in [5.74, 6) is -0.462. The van der Waals surface area contributed by atoms with Crippen LogP contribution >= 0.6 is 0 Å². The number of rotatable bonds is 3. The summed E-state index contributed by atoms with van der Waals surface area (Å²) >= 11 is 0. The van der Waals surface area contributed by atoms with Crippen molar-refractivity contribution in [3.63, 3.8) is 0 Å². The van der Waals surface area contributed by atoms with Crippen LogP contribution < -0.4 is 11.4 Å². The molecule has 8 nitrogen and oxygen atoms in total. The van der Waals surface area contributed by atoms with E-state index >= 15 is 0 Å². The van der Waals surface area contributed by atoms with Gasteiger partial charge in [0.15, 0.2) is 17.2 Å². The third-order valence-corrected chi connectivity index (χ3v) is 3.72. The maximum atomic E-state index is 12.4. The molecule has 0 aliphatic carbocycles. The molecule has 8 heteroatoms. The summed E-state index contributed by atoms with van der Waals surface area (Å²) in [5.41, 5.74) is 6.76. The molecule has 122 valence electrons. The number of para-hydroxylation sites is 1. The molecular formula is C17H12N6O2. The van der Waals surface area contributed by atoms with Crippen LogP contribution in [0, 0.1) is 0 Å². The third-order valence-electron chi connectivity index (χ3n) is 3.72. The van der Waals surface area contributed by atoms with Gasteiger partial charge in [-0.2, -0.15) is 0 Å². The summed E-state index contributed by atoms with van der Waals surface area (Å²) in [5, 5.41) is 0. The van der Waals surface area contributed by atoms with Gasteiger partial charge in [0, 0.05) is 18.0 Å². The normalized spacial score (nSPS) is 10.9. The lowest BCUT2D eigenvalue weighted by Gasteiger charge is -2.06. The molecule has 4 aromatic rings. The van der Waals surface area contributed by atoms with Crippen LogP contribution in [0.4, 0.5) is 0 Å². The minimum atomic E-state index is -0.746. The summed E-state index contributed by atoms with van der Waals surface area (Å²) in [4.78, 5) is 39.6. The number of aromatic nitrogens is 5. The van der Waals surface area contributed by atoms with Crippen molar-refractivity contribution < 1.29 is 4.79 Å². The number of carbonyl (C=O) groups excluding carboxylic acids is 1. The fourth-order valence-corrected chi connectivity index (χ4v) is 2.61. The molecule has 0 atom stereocenters. The number of nitrogens with zero attached hydrogens (tertiary/aromatic N) is 4. The number of imidazole rings is 1. The zero-order chi connectivity index (χ0) is 17.4. The number of primary amides is 1. The Balaban J connectivity index is 2.09. The second-order valence-electron chi connectivity index (χ2n) is 5.30. The van der Waals surface area contributed by atoms with Crippen molar-refractivity contribution in [2.75, 3.05) is 0 Å². The first kappa shape index (κ1) is 14.8. The molecule has 3 heterocycles. The van der Waals surface area contributed by atoms with Crippen molar-refractivity contribution in [1.82, 2.24) is 24.5 Å². The maximum absolute atomic E-state index is 12.4. The number of fused-ring (bicyclic) bond motifs is 1. The van der Waals surface area contributed by atoms with E-state index in [1.165, 1.54) is 4.57 Å². The molecule has 25 heavy (non-hydrogen) atoms. The van der Waals surface area contributed by atoms with Crippen LogP contribution in [0.5, 0.6) is 0 Å². The largest absolute Gasteiger partial charge is 0.364 e. The summed E-state index contributed by atoms with van der Waals surface area (Å²) in [6, 6.07) is 12.4. The van der Waals surface area contributed by atoms with Crippen LogP contribution in [0.15, 0.2) is 59.7 Å². The Kier molecular flexibility index (Phi) is 3.35. The predicted molar refractivity (Wildman–Crippen MR) is 91.2 cm³/mol. The molecule has 0 unspecified atom stereocenters. The number of H-pyrrole nitrogens is 1. The zero-order valence-electron chi connectivity index (χ0n) is 12.9. The Morgan fingerprint density at radius 3 is 2.44 bits per heavy atom. The molecular weight excluding hydrogens is 320 g/mol. The highest BCUT2D eigenvalue weighted by atomic mass is 16.2. The van der Waals surface area contributed by atoms with Gasteiger partial charge in [-0.1, -0.05) is 18.2 Å². The predicted octanol–water partition coefficient (Wildman–Crippen LogP) is 1.27. The van der Waals surface area contributed by atoms with E-state index in [1.807, 2.05) is 6.07 Å². The maximum Gasteiger partial charge on any atom is 0.332 e. The minimum Gasteiger partial charge on any atom is -0.364 e. The fourth-order valence-electron chi connectivity index (χ4n) is 2.61. The van der Waals surface area contributed by atoms with Gasteiger partial charge in [0.05, 0.1) is 5.69 Å². The van der Waals surface area contributed by atoms with Gasteiger partial charge in [-0.3, -0.25) is 9.78 Å². The van der Waals surface area contributed by atoms with Crippen molar-refractivity contribution in [3.05, 3.63) is 71.0 Å². The number of amides is 1. The molecule has 4 rings (SSSR count). The second-order valence-corrected chi connectivity index (χ2v) is 5.30. The van der Waals surface area contributed by atoms with Crippen LogP contribution in [0.2, 0.25) is 0 Å². The number of carbonyl (C=O) groups is 1. The van der Waals surface area contributed by atoms with Crippen LogP contribution in [0.25, 0.3) is 28.2 Å². The first-order chi connectivity index (χ1) is 12.1. The smallest absolute Gasteiger partial charge is 0.332 e. The number of hydrogen-bond acceptors (Lipinski definition) is 5. The van der Waals surface area contributed by atoms with Gasteiger partial charge in [-0.15, -0.1) is 0 Å². The van der Waals surface area contributed by atoms with Gasteiger partial charge >= 0.3 is 5.69 Å². The fraction of sp³-hybridized carbons (Fsp3) is 0. The first-order valence-electron chi connectivity index (χ1n) is 7.43. The van der Waals surface area contributed by atoms with Gasteiger partial charge < -0.3 is 10.7 Å². The van der Waals surface area contributed by atoms with Crippen molar-refractivity contribution in [2.24, 2.45) is 5.73 Å². The number of benzene rings is 1. The van der Waals surface area contributed by atoms with E-state index in [1.54, 1.807) is 48.8 Å². The van der Waals surface area contributed by atoms with Gasteiger partial charge in [-0.25, -0.2) is 19.3 Å². The average molecular weight is 332 g/mol. The highest BCUT2D eigenvalue weighted by Crippen LogP contribution is 2.21. The Morgan fingerprint density at radius 2 is 1.76 bits per heavy atom. The SMILES string of the molecule is NC(=O)c1nc(-c2ccncc2)nc2c1[nH]c(=O)n2-c1ccccc1. The molecule has 0 aliphatic rings. The topological polar surface area (TPSA) is 120 Å². The van der Waals surface area contributed by atoms with Gasteiger partial charge in [0.2, 0.25) is 0 Å². The zero-order valence-corrected chi connectivity index (χ0v) is 12.9. The number of hydrogen-bond donors (Lipinski definition) is 2. The van der Waals surface area contributed by atoms with E-state index in [2.05, 4.69) is 19.9 Å². The molecule has 0 bridgehead atoms. The van der Waals surface area contributed by atoms with Crippen LogP contribution in [-0.4, -0.2) is 30.4 Å². The molecule has 1 amide bonds. The van der Waals surface area contributed by atoms with E-state index in [-0.39, 0.29) is 22.7 Å². The van der Waals surface area contributed by atoms with E-state index < -0.39 is 11.6 Å². The molecule has 0 spiro atoms. The van der Waals surface area contributed by atoms with Gasteiger partial charge in [0.1, 0.15) is 5.52 Å². The quantitative estimate of drug-likeness (QED) is 0.585. The highest BCUT2D eigenvalue weighted by molar-refractivity contribution is 6.02. The van der Waals surface area contributed by atoms with Gasteiger partial charge in [-0.05, 0) is 24.3 Å². The molecule has 3 N–H and O–H groups in total. The Labute approximate surface area is 141 Å². The molecule has 0 saturated carbocycles. The lowest BCUT2D eigenvalue weighted by molar-refractivity contribution is 0.0997. The van der Waals surface area contributed by atoms with E-state index in [0.717, 1.165) is 0 Å². The molecule has 0 aliphatic heterocycles. The van der Waals surface area contributed by atoms with E-state index in [9.17, 15) is 9.59 Å². The van der Waals surface area contributed by atoms with Crippen molar-refractivity contribution in [2.45, 2.75) is 0 Å². The standard InChI is InChI=1S/C17H12N6O2/c18-14(24)12-13-16(22-15(20-12)10-6-8-19-9-7-10)23(17(25)21-13)11-4-2-1-3-5-11/h1-9H,(H2,18,24)(H,21,25). The minimum absolute atomic E-state index is 0.0383. The van der Waals surface area contributed by atoms with Crippen molar-refractivity contribution in [1.29, 1.82) is 0 Å². The summed E-state index contributed by atoms with van der Waals surface area (Å²) < 4.78 is 1.38. The van der Waals surface area contributed by atoms with Crippen LogP contribution in [0.3, 0.4) is 0 Å². The number of aromatic amines is 1. The monoisotopic (exact) mass is 332 g/mol. The lowest BCUT2D eigenvalue weighted by atomic mass is 10.2. The number of nitrogens with one attached hydrogen (secondary N) is 1. The Bertz CT molecular complexity index is 1130. The Hall–Kier alpha value is -3.81. The summed E-state index contributed by atoms with van der Waals surface area (Å²) in [7, 11) is 0. The summed E-state index contributed by atoms with van der Waals surface area (Å²) in [6.07, 6.45) is 3.18. The van der Waals surface area contributed by atoms with E-state index in [0.29, 0.717) is 11.3 Å². The first-order valence-corrected chi connectivity index (χ1v) is 7.43. The van der Waals surface area contributed by atoms with Crippen molar-refractivity contribution in [3.8, 4) is 17.1 Å². The van der Waals surface area contributed by atoms with Crippen LogP contribution in [0.1, 0.15) is 10.5 Å². The molecule has 1 aromatic carbocycles. The molecule has 0 fully saturated rings. The molecule has 0 saturated heterocycles. The van der Waals surface area contributed by atoms with Gasteiger partial charge in [0.25, 0.3) is 5.91 Å². The highest BCUT2D eigenvalue weighted by Gasteiger charge is 2.19. The van der Waals surface area contributed by atoms with E-state index in [4.69, 9.17) is 5.73 Å². The van der Waals surface area contributed by atoms with Crippen molar-refractivity contribution >= 4 is 17.1 Å².